The van der Waals surface area contributed by atoms with Crippen LogP contribution in [0.15, 0.2) is 18.2 Å². The Morgan fingerprint density at radius 1 is 1.12 bits per heavy atom. The van der Waals surface area contributed by atoms with Gasteiger partial charge in [0.05, 0.1) is 0 Å². The van der Waals surface area contributed by atoms with Gasteiger partial charge >= 0.3 is 0 Å². The number of benzene rings is 1. The summed E-state index contributed by atoms with van der Waals surface area (Å²) in [6.07, 6.45) is 3.21. The SMILES string of the molecule is CCC(CCC(C)N)c1cc(Cl)cc(Cl)c1. The molecule has 0 saturated heterocycles. The van der Waals surface area contributed by atoms with E-state index in [9.17, 15) is 0 Å². The monoisotopic (exact) mass is 259 g/mol. The largest absolute Gasteiger partial charge is 0.328 e. The molecule has 0 aromatic heterocycles. The van der Waals surface area contributed by atoms with Gasteiger partial charge in [-0.05, 0) is 55.9 Å². The third-order valence-electron chi connectivity index (χ3n) is 2.82. The van der Waals surface area contributed by atoms with E-state index in [1.165, 1.54) is 5.56 Å². The molecule has 1 aromatic rings. The van der Waals surface area contributed by atoms with Crippen LogP contribution in [-0.2, 0) is 0 Å². The van der Waals surface area contributed by atoms with E-state index in [2.05, 4.69) is 6.92 Å². The zero-order chi connectivity index (χ0) is 12.1. The summed E-state index contributed by atoms with van der Waals surface area (Å²) in [4.78, 5) is 0. The van der Waals surface area contributed by atoms with E-state index in [0.717, 1.165) is 19.3 Å². The van der Waals surface area contributed by atoms with Crippen molar-refractivity contribution in [3.05, 3.63) is 33.8 Å². The van der Waals surface area contributed by atoms with Crippen molar-refractivity contribution in [2.75, 3.05) is 0 Å². The van der Waals surface area contributed by atoms with Gasteiger partial charge in [0.1, 0.15) is 0 Å². The average Bonchev–Trinajstić information content (AvgIpc) is 2.16. The van der Waals surface area contributed by atoms with Crippen LogP contribution >= 0.6 is 23.2 Å². The Kier molecular flexibility index (Phi) is 5.60. The molecule has 0 amide bonds. The fraction of sp³-hybridized carbons (Fsp3) is 0.538. The molecule has 0 aliphatic rings. The van der Waals surface area contributed by atoms with Gasteiger partial charge < -0.3 is 5.73 Å². The lowest BCUT2D eigenvalue weighted by molar-refractivity contribution is 0.532. The first kappa shape index (κ1) is 13.8. The van der Waals surface area contributed by atoms with Gasteiger partial charge in [0.2, 0.25) is 0 Å². The Balaban J connectivity index is 2.78. The van der Waals surface area contributed by atoms with Crippen LogP contribution in [0.5, 0.6) is 0 Å². The van der Waals surface area contributed by atoms with E-state index in [4.69, 9.17) is 28.9 Å². The molecule has 90 valence electrons. The minimum Gasteiger partial charge on any atom is -0.328 e. The fourth-order valence-electron chi connectivity index (χ4n) is 1.88. The first-order chi connectivity index (χ1) is 7.52. The van der Waals surface area contributed by atoms with Gasteiger partial charge in [-0.25, -0.2) is 0 Å². The van der Waals surface area contributed by atoms with Crippen LogP contribution in [-0.4, -0.2) is 6.04 Å². The summed E-state index contributed by atoms with van der Waals surface area (Å²) in [6.45, 7) is 4.22. The molecular formula is C13H19Cl2N. The lowest BCUT2D eigenvalue weighted by Crippen LogP contribution is -2.15. The molecule has 0 aliphatic carbocycles. The van der Waals surface area contributed by atoms with Crippen LogP contribution < -0.4 is 5.73 Å². The normalized spacial score (nSPS) is 14.8. The van der Waals surface area contributed by atoms with Gasteiger partial charge in [0.25, 0.3) is 0 Å². The summed E-state index contributed by atoms with van der Waals surface area (Å²) in [5.41, 5.74) is 7.00. The van der Waals surface area contributed by atoms with Crippen LogP contribution in [0.3, 0.4) is 0 Å². The first-order valence-electron chi connectivity index (χ1n) is 5.74. The van der Waals surface area contributed by atoms with Crippen LogP contribution in [0.25, 0.3) is 0 Å². The predicted octanol–water partition coefficient (Wildman–Crippen LogP) is 4.61. The lowest BCUT2D eigenvalue weighted by atomic mass is 9.91. The quantitative estimate of drug-likeness (QED) is 0.821. The van der Waals surface area contributed by atoms with E-state index in [1.54, 1.807) is 6.07 Å². The van der Waals surface area contributed by atoms with Gasteiger partial charge in [0.15, 0.2) is 0 Å². The van der Waals surface area contributed by atoms with Crippen molar-refractivity contribution >= 4 is 23.2 Å². The zero-order valence-corrected chi connectivity index (χ0v) is 11.4. The van der Waals surface area contributed by atoms with Crippen molar-refractivity contribution < 1.29 is 0 Å². The third kappa shape index (κ3) is 4.32. The van der Waals surface area contributed by atoms with E-state index in [1.807, 2.05) is 19.1 Å². The maximum absolute atomic E-state index is 6.00. The maximum atomic E-state index is 6.00. The van der Waals surface area contributed by atoms with Crippen molar-refractivity contribution in [2.24, 2.45) is 5.73 Å². The molecule has 2 N–H and O–H groups in total. The minimum absolute atomic E-state index is 0.253. The second-order valence-electron chi connectivity index (χ2n) is 4.36. The summed E-state index contributed by atoms with van der Waals surface area (Å²) >= 11 is 12.0. The minimum atomic E-state index is 0.253. The topological polar surface area (TPSA) is 26.0 Å². The molecule has 0 radical (unpaired) electrons. The number of hydrogen-bond donors (Lipinski definition) is 1. The smallest absolute Gasteiger partial charge is 0.0423 e. The molecule has 1 nitrogen and oxygen atoms in total. The molecule has 0 aliphatic heterocycles. The molecular weight excluding hydrogens is 241 g/mol. The maximum Gasteiger partial charge on any atom is 0.0423 e. The number of hydrogen-bond acceptors (Lipinski definition) is 1. The molecule has 16 heavy (non-hydrogen) atoms. The Morgan fingerprint density at radius 3 is 2.12 bits per heavy atom. The molecule has 1 rings (SSSR count). The molecule has 0 spiro atoms. The first-order valence-corrected chi connectivity index (χ1v) is 6.50. The van der Waals surface area contributed by atoms with Crippen LogP contribution in [0.4, 0.5) is 0 Å². The lowest BCUT2D eigenvalue weighted by Gasteiger charge is -2.17. The Hall–Kier alpha value is -0.240. The van der Waals surface area contributed by atoms with Crippen molar-refractivity contribution in [1.82, 2.24) is 0 Å². The Labute approximate surface area is 108 Å². The van der Waals surface area contributed by atoms with E-state index in [0.29, 0.717) is 16.0 Å². The molecule has 0 fully saturated rings. The van der Waals surface area contributed by atoms with E-state index in [-0.39, 0.29) is 6.04 Å². The van der Waals surface area contributed by atoms with E-state index >= 15 is 0 Å². The summed E-state index contributed by atoms with van der Waals surface area (Å²) in [5, 5.41) is 1.42. The third-order valence-corrected chi connectivity index (χ3v) is 3.26. The van der Waals surface area contributed by atoms with Crippen molar-refractivity contribution in [3.8, 4) is 0 Å². The Morgan fingerprint density at radius 2 is 1.69 bits per heavy atom. The summed E-state index contributed by atoms with van der Waals surface area (Å²) in [6, 6.07) is 6.03. The predicted molar refractivity (Wildman–Crippen MR) is 72.4 cm³/mol. The highest BCUT2D eigenvalue weighted by atomic mass is 35.5. The second-order valence-corrected chi connectivity index (χ2v) is 5.24. The molecule has 3 heteroatoms. The van der Waals surface area contributed by atoms with Gasteiger partial charge in [-0.2, -0.15) is 0 Å². The van der Waals surface area contributed by atoms with Crippen LogP contribution in [0.1, 0.15) is 44.6 Å². The van der Waals surface area contributed by atoms with E-state index < -0.39 is 0 Å². The van der Waals surface area contributed by atoms with Gasteiger partial charge in [-0.15, -0.1) is 0 Å². The zero-order valence-electron chi connectivity index (χ0n) is 9.84. The number of nitrogens with two attached hydrogens (primary N) is 1. The molecule has 1 aromatic carbocycles. The molecule has 0 saturated carbocycles. The van der Waals surface area contributed by atoms with Gasteiger partial charge in [-0.3, -0.25) is 0 Å². The fourth-order valence-corrected chi connectivity index (χ4v) is 2.42. The molecule has 2 unspecified atom stereocenters. The van der Waals surface area contributed by atoms with Gasteiger partial charge in [-0.1, -0.05) is 30.1 Å². The number of halogens is 2. The molecule has 2 atom stereocenters. The summed E-state index contributed by atoms with van der Waals surface area (Å²) in [7, 11) is 0. The molecule has 0 bridgehead atoms. The molecule has 0 heterocycles. The Bertz CT molecular complexity index is 316. The summed E-state index contributed by atoms with van der Waals surface area (Å²) < 4.78 is 0. The number of rotatable bonds is 5. The van der Waals surface area contributed by atoms with Crippen molar-refractivity contribution in [2.45, 2.75) is 45.1 Å². The van der Waals surface area contributed by atoms with Crippen LogP contribution in [0, 0.1) is 0 Å². The summed E-state index contributed by atoms with van der Waals surface area (Å²) in [5.74, 6) is 0.502. The van der Waals surface area contributed by atoms with Crippen LogP contribution in [0.2, 0.25) is 10.0 Å². The average molecular weight is 260 g/mol. The highest BCUT2D eigenvalue weighted by Crippen LogP contribution is 2.30. The van der Waals surface area contributed by atoms with Crippen molar-refractivity contribution in [3.63, 3.8) is 0 Å². The standard InChI is InChI=1S/C13H19Cl2N/c1-3-10(5-4-9(2)16)11-6-12(14)8-13(15)7-11/h6-10H,3-5,16H2,1-2H3. The van der Waals surface area contributed by atoms with Gasteiger partial charge in [0, 0.05) is 16.1 Å². The second kappa shape index (κ2) is 6.48. The van der Waals surface area contributed by atoms with Crippen molar-refractivity contribution in [1.29, 1.82) is 0 Å². The highest BCUT2D eigenvalue weighted by molar-refractivity contribution is 6.34. The highest BCUT2D eigenvalue weighted by Gasteiger charge is 2.11.